The molecule has 46 heavy (non-hydrogen) atoms. The highest BCUT2D eigenvalue weighted by atomic mass is 16.7. The van der Waals surface area contributed by atoms with Crippen molar-refractivity contribution in [2.75, 3.05) is 13.2 Å². The Kier molecular flexibility index (Phi) is 26.3. The van der Waals surface area contributed by atoms with Crippen LogP contribution in [0.1, 0.15) is 162 Å². The van der Waals surface area contributed by atoms with Gasteiger partial charge in [0.05, 0.1) is 25.4 Å². The Balaban J connectivity index is 2.52. The number of carbonyl (C=O) groups excluding carboxylic acids is 1. The maximum atomic E-state index is 12.8. The van der Waals surface area contributed by atoms with E-state index in [0.717, 1.165) is 51.4 Å². The standard InChI is InChI=1S/C36H71NO9/c1-3-5-7-9-11-13-15-17-19-21-23-25-31(40)37-28(27-45-36-35(44)34(43)33(42)30(26-38)46-36)32(41)29(39)24-22-20-18-16-14-12-10-8-6-4-2/h28-30,32-36,38-39,41-44H,3-27H2,1-2H3,(H,37,40)/t28-,29+,30+,32-,33+,34?,35?,36+/m0/s1. The SMILES string of the molecule is CCCCCCCCCCCCCC(=O)N[C@@H](CO[C@@H]1O[C@H](CO)[C@@H](O)C(O)C1O)[C@H](O)[C@H](O)CCCCCCCCCCCC. The molecule has 1 amide bonds. The lowest BCUT2D eigenvalue weighted by atomic mass is 9.98. The number of nitrogens with one attached hydrogen (secondary N) is 1. The highest BCUT2D eigenvalue weighted by molar-refractivity contribution is 5.76. The quantitative estimate of drug-likeness (QED) is 0.0523. The summed E-state index contributed by atoms with van der Waals surface area (Å²) in [5.74, 6) is -0.261. The molecule has 0 spiro atoms. The average molecular weight is 662 g/mol. The van der Waals surface area contributed by atoms with Gasteiger partial charge < -0.3 is 45.4 Å². The van der Waals surface area contributed by atoms with E-state index in [1.807, 2.05) is 0 Å². The molecule has 1 heterocycles. The largest absolute Gasteiger partial charge is 0.394 e. The van der Waals surface area contributed by atoms with Crippen molar-refractivity contribution in [3.63, 3.8) is 0 Å². The van der Waals surface area contributed by atoms with Crippen molar-refractivity contribution in [1.82, 2.24) is 5.32 Å². The topological polar surface area (TPSA) is 169 Å². The first-order chi connectivity index (χ1) is 22.3. The van der Waals surface area contributed by atoms with Crippen LogP contribution < -0.4 is 5.32 Å². The van der Waals surface area contributed by atoms with Crippen LogP contribution in [0.5, 0.6) is 0 Å². The van der Waals surface area contributed by atoms with E-state index >= 15 is 0 Å². The Morgan fingerprint density at radius 2 is 1.13 bits per heavy atom. The molecule has 0 aromatic rings. The summed E-state index contributed by atoms with van der Waals surface area (Å²) in [6.45, 7) is 3.55. The molecule has 1 aliphatic rings. The third-order valence-corrected chi connectivity index (χ3v) is 9.30. The van der Waals surface area contributed by atoms with Crippen molar-refractivity contribution in [2.45, 2.75) is 210 Å². The number of carbonyl (C=O) groups is 1. The molecule has 1 aliphatic heterocycles. The fourth-order valence-corrected chi connectivity index (χ4v) is 6.14. The number of hydrogen-bond acceptors (Lipinski definition) is 9. The van der Waals surface area contributed by atoms with E-state index in [2.05, 4.69) is 19.2 Å². The van der Waals surface area contributed by atoms with E-state index < -0.39 is 55.6 Å². The zero-order valence-corrected chi connectivity index (χ0v) is 29.2. The number of rotatable bonds is 30. The van der Waals surface area contributed by atoms with Gasteiger partial charge in [0, 0.05) is 6.42 Å². The molecular weight excluding hydrogens is 590 g/mol. The summed E-state index contributed by atoms with van der Waals surface area (Å²) >= 11 is 0. The first-order valence-electron chi connectivity index (χ1n) is 18.8. The summed E-state index contributed by atoms with van der Waals surface area (Å²) in [5.41, 5.74) is 0. The molecule has 1 fully saturated rings. The summed E-state index contributed by atoms with van der Waals surface area (Å²) in [6, 6.07) is -0.981. The van der Waals surface area contributed by atoms with Crippen LogP contribution in [0.15, 0.2) is 0 Å². The third kappa shape index (κ3) is 19.2. The Labute approximate surface area is 279 Å². The minimum absolute atomic E-state index is 0.261. The predicted octanol–water partition coefficient (Wildman–Crippen LogP) is 5.02. The van der Waals surface area contributed by atoms with E-state index in [1.165, 1.54) is 83.5 Å². The van der Waals surface area contributed by atoms with Crippen molar-refractivity contribution >= 4 is 5.91 Å². The zero-order valence-electron chi connectivity index (χ0n) is 29.2. The minimum atomic E-state index is -1.60. The molecule has 274 valence electrons. The molecule has 10 heteroatoms. The van der Waals surface area contributed by atoms with E-state index in [0.29, 0.717) is 6.42 Å². The van der Waals surface area contributed by atoms with Gasteiger partial charge >= 0.3 is 0 Å². The van der Waals surface area contributed by atoms with Crippen LogP contribution >= 0.6 is 0 Å². The second-order valence-electron chi connectivity index (χ2n) is 13.5. The second kappa shape index (κ2) is 28.0. The van der Waals surface area contributed by atoms with Gasteiger partial charge in [-0.15, -0.1) is 0 Å². The Morgan fingerprint density at radius 1 is 0.674 bits per heavy atom. The van der Waals surface area contributed by atoms with Gasteiger partial charge in [-0.3, -0.25) is 4.79 Å². The summed E-state index contributed by atoms with van der Waals surface area (Å²) in [5, 5.41) is 64.6. The predicted molar refractivity (Wildman–Crippen MR) is 181 cm³/mol. The minimum Gasteiger partial charge on any atom is -0.394 e. The Hall–Kier alpha value is -0.850. The normalized spacial score (nSPS) is 23.7. The smallest absolute Gasteiger partial charge is 0.220 e. The number of unbranched alkanes of at least 4 members (excludes halogenated alkanes) is 19. The fraction of sp³-hybridized carbons (Fsp3) is 0.972. The Morgan fingerprint density at radius 3 is 1.61 bits per heavy atom. The van der Waals surface area contributed by atoms with Gasteiger partial charge in [0.15, 0.2) is 6.29 Å². The first kappa shape index (κ1) is 43.2. The maximum absolute atomic E-state index is 12.8. The molecule has 1 saturated heterocycles. The van der Waals surface area contributed by atoms with Gasteiger partial charge in [-0.2, -0.15) is 0 Å². The molecule has 0 saturated carbocycles. The van der Waals surface area contributed by atoms with Crippen molar-refractivity contribution in [2.24, 2.45) is 0 Å². The van der Waals surface area contributed by atoms with Gasteiger partial charge in [-0.25, -0.2) is 0 Å². The number of hydrogen-bond donors (Lipinski definition) is 7. The van der Waals surface area contributed by atoms with E-state index in [-0.39, 0.29) is 18.9 Å². The average Bonchev–Trinajstić information content (AvgIpc) is 3.05. The molecule has 0 aromatic heterocycles. The molecule has 0 aromatic carbocycles. The van der Waals surface area contributed by atoms with Crippen molar-refractivity contribution < 1.29 is 44.9 Å². The van der Waals surface area contributed by atoms with Crippen molar-refractivity contribution in [3.05, 3.63) is 0 Å². The van der Waals surface area contributed by atoms with Gasteiger partial charge in [0.25, 0.3) is 0 Å². The molecular formula is C36H71NO9. The van der Waals surface area contributed by atoms with E-state index in [1.54, 1.807) is 0 Å². The van der Waals surface area contributed by atoms with Crippen LogP contribution in [-0.4, -0.2) is 98.7 Å². The summed E-state index contributed by atoms with van der Waals surface area (Å²) in [7, 11) is 0. The third-order valence-electron chi connectivity index (χ3n) is 9.30. The molecule has 10 nitrogen and oxygen atoms in total. The monoisotopic (exact) mass is 662 g/mol. The van der Waals surface area contributed by atoms with Crippen LogP contribution in [0.4, 0.5) is 0 Å². The van der Waals surface area contributed by atoms with Crippen LogP contribution in [0.25, 0.3) is 0 Å². The molecule has 8 atom stereocenters. The van der Waals surface area contributed by atoms with Gasteiger partial charge in [-0.05, 0) is 12.8 Å². The van der Waals surface area contributed by atoms with E-state index in [9.17, 15) is 35.4 Å². The Bertz CT molecular complexity index is 713. The zero-order chi connectivity index (χ0) is 34.0. The van der Waals surface area contributed by atoms with Crippen LogP contribution in [0.2, 0.25) is 0 Å². The van der Waals surface area contributed by atoms with Gasteiger partial charge in [0.2, 0.25) is 5.91 Å². The molecule has 0 bridgehead atoms. The number of ether oxygens (including phenoxy) is 2. The summed E-state index contributed by atoms with van der Waals surface area (Å²) in [4.78, 5) is 12.8. The molecule has 7 N–H and O–H groups in total. The lowest BCUT2D eigenvalue weighted by Gasteiger charge is -2.40. The van der Waals surface area contributed by atoms with Crippen LogP contribution in [-0.2, 0) is 14.3 Å². The highest BCUT2D eigenvalue weighted by Crippen LogP contribution is 2.23. The lowest BCUT2D eigenvalue weighted by Crippen LogP contribution is -2.60. The number of amides is 1. The number of aliphatic hydroxyl groups excluding tert-OH is 6. The van der Waals surface area contributed by atoms with Crippen LogP contribution in [0, 0.1) is 0 Å². The highest BCUT2D eigenvalue weighted by Gasteiger charge is 2.44. The summed E-state index contributed by atoms with van der Waals surface area (Å²) < 4.78 is 11.1. The summed E-state index contributed by atoms with van der Waals surface area (Å²) in [6.07, 6.45) is 15.5. The maximum Gasteiger partial charge on any atom is 0.220 e. The molecule has 0 aliphatic carbocycles. The molecule has 1 rings (SSSR count). The molecule has 2 unspecified atom stereocenters. The van der Waals surface area contributed by atoms with Crippen molar-refractivity contribution in [3.8, 4) is 0 Å². The number of aliphatic hydroxyl groups is 6. The van der Waals surface area contributed by atoms with Crippen LogP contribution in [0.3, 0.4) is 0 Å². The van der Waals surface area contributed by atoms with Gasteiger partial charge in [0.1, 0.15) is 30.5 Å². The molecule has 0 radical (unpaired) electrons. The second-order valence-corrected chi connectivity index (χ2v) is 13.5. The van der Waals surface area contributed by atoms with E-state index in [4.69, 9.17) is 9.47 Å². The lowest BCUT2D eigenvalue weighted by molar-refractivity contribution is -0.303. The van der Waals surface area contributed by atoms with Gasteiger partial charge in [-0.1, -0.05) is 142 Å². The first-order valence-corrected chi connectivity index (χ1v) is 18.8. The fourth-order valence-electron chi connectivity index (χ4n) is 6.14. The van der Waals surface area contributed by atoms with Crippen molar-refractivity contribution in [1.29, 1.82) is 0 Å².